The van der Waals surface area contributed by atoms with Crippen LogP contribution < -0.4 is 34.7 Å². The Morgan fingerprint density at radius 2 is 2.27 bits per heavy atom. The number of nitrogens with zero attached hydrogens (tertiary/aromatic N) is 1. The van der Waals surface area contributed by atoms with Gasteiger partial charge in [-0.3, -0.25) is 0 Å². The minimum absolute atomic E-state index is 0. The molecule has 0 amide bonds. The first-order valence-corrected chi connectivity index (χ1v) is 5.70. The molecule has 0 aliphatic carbocycles. The van der Waals surface area contributed by atoms with Gasteiger partial charge in [0.05, 0.1) is 10.6 Å². The maximum atomic E-state index is 10.3. The van der Waals surface area contributed by atoms with E-state index in [1.165, 1.54) is 11.3 Å². The molecule has 0 atom stereocenters. The molecule has 0 aromatic carbocycles. The molecule has 0 saturated carbocycles. The largest absolute Gasteiger partial charge is 1.00 e. The Labute approximate surface area is 117 Å². The molecule has 15 heavy (non-hydrogen) atoms. The standard InChI is InChI=1S/C9H7NO2S2.Na/c11-8(12)4-6-5-14-9(10-6)7-2-1-3-13-7;/h1-3,5H,4H2,(H,11,12);/q;+1/p-1. The van der Waals surface area contributed by atoms with Crippen LogP contribution in [0.25, 0.3) is 9.88 Å². The number of rotatable bonds is 3. The summed E-state index contributed by atoms with van der Waals surface area (Å²) in [5, 5.41) is 14.9. The van der Waals surface area contributed by atoms with Gasteiger partial charge in [0.25, 0.3) is 0 Å². The molecule has 0 saturated heterocycles. The van der Waals surface area contributed by atoms with Gasteiger partial charge in [0.2, 0.25) is 0 Å². The van der Waals surface area contributed by atoms with Crippen molar-refractivity contribution in [3.05, 3.63) is 28.6 Å². The van der Waals surface area contributed by atoms with Crippen molar-refractivity contribution in [1.29, 1.82) is 0 Å². The topological polar surface area (TPSA) is 53.0 Å². The van der Waals surface area contributed by atoms with E-state index < -0.39 is 5.97 Å². The molecule has 6 heteroatoms. The molecule has 0 spiro atoms. The Morgan fingerprint density at radius 3 is 2.87 bits per heavy atom. The van der Waals surface area contributed by atoms with E-state index >= 15 is 0 Å². The number of thiazole rings is 1. The van der Waals surface area contributed by atoms with Crippen molar-refractivity contribution in [3.63, 3.8) is 0 Å². The number of aromatic nitrogens is 1. The summed E-state index contributed by atoms with van der Waals surface area (Å²) in [4.78, 5) is 15.6. The molecular formula is C9H6NNaO2S2. The summed E-state index contributed by atoms with van der Waals surface area (Å²) < 4.78 is 0. The van der Waals surface area contributed by atoms with Crippen molar-refractivity contribution in [2.24, 2.45) is 0 Å². The summed E-state index contributed by atoms with van der Waals surface area (Å²) in [7, 11) is 0. The predicted molar refractivity (Wildman–Crippen MR) is 54.1 cm³/mol. The number of carbonyl (C=O) groups is 1. The van der Waals surface area contributed by atoms with Crippen molar-refractivity contribution in [1.82, 2.24) is 4.98 Å². The Hall–Kier alpha value is -0.200. The zero-order valence-corrected chi connectivity index (χ0v) is 11.7. The first-order valence-electron chi connectivity index (χ1n) is 3.94. The molecule has 72 valence electrons. The Balaban J connectivity index is 0.00000112. The van der Waals surface area contributed by atoms with Crippen LogP contribution in [0.15, 0.2) is 22.9 Å². The van der Waals surface area contributed by atoms with E-state index in [1.54, 1.807) is 16.7 Å². The van der Waals surface area contributed by atoms with Crippen LogP contribution >= 0.6 is 22.7 Å². The molecule has 0 unspecified atom stereocenters. The van der Waals surface area contributed by atoms with Crippen LogP contribution in [-0.4, -0.2) is 11.0 Å². The fourth-order valence-corrected chi connectivity index (χ4v) is 2.68. The quantitative estimate of drug-likeness (QED) is 0.599. The second-order valence-electron chi connectivity index (χ2n) is 2.67. The number of thiophene rings is 1. The second-order valence-corrected chi connectivity index (χ2v) is 4.48. The van der Waals surface area contributed by atoms with Gasteiger partial charge in [-0.05, 0) is 11.4 Å². The molecule has 2 rings (SSSR count). The fourth-order valence-electron chi connectivity index (χ4n) is 1.05. The number of carboxylic acids is 1. The van der Waals surface area contributed by atoms with Gasteiger partial charge in [-0.1, -0.05) is 6.07 Å². The fraction of sp³-hybridized carbons (Fsp3) is 0.111. The van der Waals surface area contributed by atoms with Gasteiger partial charge in [-0.25, -0.2) is 4.98 Å². The monoisotopic (exact) mass is 247 g/mol. The summed E-state index contributed by atoms with van der Waals surface area (Å²) in [6, 6.07) is 3.91. The summed E-state index contributed by atoms with van der Waals surface area (Å²) in [6.07, 6.45) is -0.109. The normalized spacial score (nSPS) is 9.60. The Bertz CT molecular complexity index is 439. The summed E-state index contributed by atoms with van der Waals surface area (Å²) in [5.41, 5.74) is 0.568. The van der Waals surface area contributed by atoms with E-state index in [4.69, 9.17) is 0 Å². The van der Waals surface area contributed by atoms with Crippen molar-refractivity contribution in [2.45, 2.75) is 6.42 Å². The molecule has 3 nitrogen and oxygen atoms in total. The molecule has 0 radical (unpaired) electrons. The third kappa shape index (κ3) is 3.39. The molecule has 2 aromatic heterocycles. The van der Waals surface area contributed by atoms with Crippen LogP contribution in [0.2, 0.25) is 0 Å². The molecule has 0 N–H and O–H groups in total. The SMILES string of the molecule is O=C([O-])Cc1csc(-c2cccs2)n1.[Na+]. The van der Waals surface area contributed by atoms with Gasteiger partial charge in [0.1, 0.15) is 5.01 Å². The smallest absolute Gasteiger partial charge is 0.550 e. The van der Waals surface area contributed by atoms with Gasteiger partial charge >= 0.3 is 29.6 Å². The van der Waals surface area contributed by atoms with Crippen molar-refractivity contribution < 1.29 is 39.5 Å². The number of hydrogen-bond acceptors (Lipinski definition) is 5. The average Bonchev–Trinajstić information content (AvgIpc) is 2.69. The number of carboxylic acid groups (broad SMARTS) is 1. The zero-order valence-electron chi connectivity index (χ0n) is 8.10. The van der Waals surface area contributed by atoms with E-state index in [0.29, 0.717) is 5.69 Å². The maximum Gasteiger partial charge on any atom is 1.00 e. The van der Waals surface area contributed by atoms with E-state index in [-0.39, 0.29) is 36.0 Å². The molecule has 2 aromatic rings. The first kappa shape index (κ1) is 12.9. The predicted octanol–water partition coefficient (Wildman–Crippen LogP) is -1.83. The molecule has 0 bridgehead atoms. The van der Waals surface area contributed by atoms with Crippen LogP contribution in [0.1, 0.15) is 5.69 Å². The van der Waals surface area contributed by atoms with Crippen LogP contribution in [-0.2, 0) is 11.2 Å². The van der Waals surface area contributed by atoms with Crippen LogP contribution in [0.5, 0.6) is 0 Å². The van der Waals surface area contributed by atoms with Gasteiger partial charge in [0, 0.05) is 17.8 Å². The number of hydrogen-bond donors (Lipinski definition) is 0. The average molecular weight is 247 g/mol. The first-order chi connectivity index (χ1) is 6.75. The van der Waals surface area contributed by atoms with Crippen molar-refractivity contribution in [3.8, 4) is 9.88 Å². The summed E-state index contributed by atoms with van der Waals surface area (Å²) in [6.45, 7) is 0. The molecule has 0 aliphatic heterocycles. The molecule has 0 aliphatic rings. The van der Waals surface area contributed by atoms with Gasteiger partial charge < -0.3 is 9.90 Å². The minimum Gasteiger partial charge on any atom is -0.550 e. The van der Waals surface area contributed by atoms with E-state index in [9.17, 15) is 9.90 Å². The molecule has 2 heterocycles. The zero-order chi connectivity index (χ0) is 9.97. The third-order valence-electron chi connectivity index (χ3n) is 1.61. The van der Waals surface area contributed by atoms with E-state index in [2.05, 4.69) is 4.98 Å². The second kappa shape index (κ2) is 5.77. The number of aliphatic carboxylic acids is 1. The van der Waals surface area contributed by atoms with E-state index in [0.717, 1.165) is 9.88 Å². The van der Waals surface area contributed by atoms with Gasteiger partial charge in [-0.15, -0.1) is 22.7 Å². The summed E-state index contributed by atoms with van der Waals surface area (Å²) >= 11 is 3.05. The third-order valence-corrected chi connectivity index (χ3v) is 3.54. The van der Waals surface area contributed by atoms with Crippen molar-refractivity contribution in [2.75, 3.05) is 0 Å². The van der Waals surface area contributed by atoms with Crippen LogP contribution in [0.3, 0.4) is 0 Å². The Kier molecular flexibility index (Phi) is 4.95. The van der Waals surface area contributed by atoms with Crippen molar-refractivity contribution >= 4 is 28.6 Å². The van der Waals surface area contributed by atoms with E-state index in [1.807, 2.05) is 17.5 Å². The molecular weight excluding hydrogens is 241 g/mol. The maximum absolute atomic E-state index is 10.3. The van der Waals surface area contributed by atoms with Gasteiger partial charge in [-0.2, -0.15) is 0 Å². The molecule has 0 fully saturated rings. The Morgan fingerprint density at radius 1 is 1.47 bits per heavy atom. The minimum atomic E-state index is -1.09. The van der Waals surface area contributed by atoms with Crippen LogP contribution in [0, 0.1) is 0 Å². The summed E-state index contributed by atoms with van der Waals surface area (Å²) in [5.74, 6) is -1.09. The van der Waals surface area contributed by atoms with Crippen LogP contribution in [0.4, 0.5) is 0 Å². The number of carbonyl (C=O) groups excluding carboxylic acids is 1. The van der Waals surface area contributed by atoms with Gasteiger partial charge in [0.15, 0.2) is 0 Å².